The molecule has 0 aromatic heterocycles. The third-order valence-corrected chi connectivity index (χ3v) is 10.5. The van der Waals surface area contributed by atoms with Gasteiger partial charge in [-0.05, 0) is 68.6 Å². The van der Waals surface area contributed by atoms with Crippen molar-refractivity contribution in [1.82, 2.24) is 5.32 Å². The zero-order valence-electron chi connectivity index (χ0n) is 18.3. The Hall–Kier alpha value is -1.24. The van der Waals surface area contributed by atoms with Gasteiger partial charge in [-0.25, -0.2) is 4.79 Å². The van der Waals surface area contributed by atoms with Crippen LogP contribution < -0.4 is 5.32 Å². The molecule has 2 rings (SSSR count). The molecule has 1 aliphatic rings. The maximum atomic E-state index is 12.4. The Morgan fingerprint density at radius 3 is 2.39 bits per heavy atom. The highest BCUT2D eigenvalue weighted by atomic mass is 35.5. The summed E-state index contributed by atoms with van der Waals surface area (Å²) in [4.78, 5) is 12.4. The Labute approximate surface area is 174 Å². The van der Waals surface area contributed by atoms with E-state index in [-0.39, 0.29) is 22.7 Å². The molecule has 0 heterocycles. The summed E-state index contributed by atoms with van der Waals surface area (Å²) < 4.78 is 11.9. The molecule has 0 saturated heterocycles. The van der Waals surface area contributed by atoms with Crippen molar-refractivity contribution in [3.05, 3.63) is 28.3 Å². The first-order valence-electron chi connectivity index (χ1n) is 9.75. The summed E-state index contributed by atoms with van der Waals surface area (Å²) >= 11 is 6.38. The molecule has 0 saturated carbocycles. The Morgan fingerprint density at radius 1 is 1.25 bits per heavy atom. The molecule has 2 N–H and O–H groups in total. The minimum atomic E-state index is -1.93. The fraction of sp³-hybridized carbons (Fsp3) is 0.667. The van der Waals surface area contributed by atoms with Crippen LogP contribution in [0.2, 0.25) is 23.2 Å². The number of phenols is 1. The van der Waals surface area contributed by atoms with Crippen molar-refractivity contribution in [2.75, 3.05) is 6.61 Å². The van der Waals surface area contributed by atoms with Crippen molar-refractivity contribution >= 4 is 26.0 Å². The third-order valence-electron chi connectivity index (χ3n) is 5.62. The van der Waals surface area contributed by atoms with Crippen LogP contribution in [0.3, 0.4) is 0 Å². The summed E-state index contributed by atoms with van der Waals surface area (Å²) in [6.07, 6.45) is 0.200. The second-order valence-electron chi connectivity index (χ2n) is 10.2. The van der Waals surface area contributed by atoms with Crippen molar-refractivity contribution in [2.45, 2.75) is 77.7 Å². The summed E-state index contributed by atoms with van der Waals surface area (Å²) in [5, 5.41) is 13.6. The van der Waals surface area contributed by atoms with E-state index in [1.165, 1.54) is 0 Å². The van der Waals surface area contributed by atoms with E-state index in [9.17, 15) is 9.90 Å². The highest BCUT2D eigenvalue weighted by Crippen LogP contribution is 2.44. The molecule has 28 heavy (non-hydrogen) atoms. The number of benzene rings is 1. The van der Waals surface area contributed by atoms with Gasteiger partial charge in [0.1, 0.15) is 11.4 Å². The topological polar surface area (TPSA) is 67.8 Å². The van der Waals surface area contributed by atoms with Gasteiger partial charge in [-0.1, -0.05) is 32.4 Å². The summed E-state index contributed by atoms with van der Waals surface area (Å²) in [6, 6.07) is 2.90. The number of hydrogen-bond acceptors (Lipinski definition) is 4. The van der Waals surface area contributed by atoms with Gasteiger partial charge in [0, 0.05) is 17.5 Å². The predicted molar refractivity (Wildman–Crippen MR) is 116 cm³/mol. The quantitative estimate of drug-likeness (QED) is 0.595. The zero-order valence-corrected chi connectivity index (χ0v) is 20.0. The molecule has 5 nitrogen and oxygen atoms in total. The van der Waals surface area contributed by atoms with Crippen molar-refractivity contribution < 1.29 is 19.1 Å². The van der Waals surface area contributed by atoms with Gasteiger partial charge >= 0.3 is 6.09 Å². The molecule has 2 atom stereocenters. The number of alkyl carbamates (subject to hydrolysis) is 1. The number of nitrogens with one attached hydrogen (secondary N) is 1. The van der Waals surface area contributed by atoms with E-state index >= 15 is 0 Å². The minimum Gasteiger partial charge on any atom is -0.508 e. The SMILES string of the molecule is CC(C)(C)OC(=O)N[C@@H]1c2cc(O)cc(Cl)c2C[C@H]1CO[Si](C)(C)C(C)(C)C. The van der Waals surface area contributed by atoms with Crippen LogP contribution in [0.1, 0.15) is 58.7 Å². The molecule has 1 aliphatic carbocycles. The van der Waals surface area contributed by atoms with Crippen molar-refractivity contribution in [3.8, 4) is 5.75 Å². The van der Waals surface area contributed by atoms with E-state index in [1.807, 2.05) is 20.8 Å². The fourth-order valence-electron chi connectivity index (χ4n) is 3.09. The van der Waals surface area contributed by atoms with Crippen LogP contribution in [0.15, 0.2) is 12.1 Å². The molecule has 0 aliphatic heterocycles. The maximum absolute atomic E-state index is 12.4. The molecule has 0 bridgehead atoms. The highest BCUT2D eigenvalue weighted by molar-refractivity contribution is 6.74. The Kier molecular flexibility index (Phi) is 6.48. The predicted octanol–water partition coefficient (Wildman–Crippen LogP) is 5.81. The van der Waals surface area contributed by atoms with Crippen LogP contribution >= 0.6 is 11.6 Å². The summed E-state index contributed by atoms with van der Waals surface area (Å²) in [5.41, 5.74) is 1.19. The lowest BCUT2D eigenvalue weighted by Gasteiger charge is -2.37. The third kappa shape index (κ3) is 5.42. The van der Waals surface area contributed by atoms with Crippen LogP contribution in [0, 0.1) is 5.92 Å². The lowest BCUT2D eigenvalue weighted by Crippen LogP contribution is -2.43. The average molecular weight is 428 g/mol. The highest BCUT2D eigenvalue weighted by Gasteiger charge is 2.41. The van der Waals surface area contributed by atoms with Gasteiger partial charge in [-0.3, -0.25) is 0 Å². The number of hydrogen-bond donors (Lipinski definition) is 2. The number of ether oxygens (including phenoxy) is 1. The second-order valence-corrected chi connectivity index (χ2v) is 15.4. The van der Waals surface area contributed by atoms with Crippen LogP contribution in [-0.2, 0) is 15.6 Å². The normalized spacial score (nSPS) is 20.0. The van der Waals surface area contributed by atoms with Gasteiger partial charge < -0.3 is 19.6 Å². The summed E-state index contributed by atoms with van der Waals surface area (Å²) in [7, 11) is -1.93. The number of carbonyl (C=O) groups excluding carboxylic acids is 1. The summed E-state index contributed by atoms with van der Waals surface area (Å²) in [6.45, 7) is 17.0. The molecule has 7 heteroatoms. The Balaban J connectivity index is 2.26. The minimum absolute atomic E-state index is 0.0240. The number of carbonyl (C=O) groups is 1. The van der Waals surface area contributed by atoms with E-state index in [1.54, 1.807) is 12.1 Å². The Morgan fingerprint density at radius 2 is 1.86 bits per heavy atom. The summed E-state index contributed by atoms with van der Waals surface area (Å²) in [5.74, 6) is 0.113. The Bertz CT molecular complexity index is 737. The number of halogens is 1. The molecule has 1 aromatic rings. The van der Waals surface area contributed by atoms with E-state index in [4.69, 9.17) is 20.8 Å². The zero-order chi connectivity index (χ0) is 21.5. The van der Waals surface area contributed by atoms with E-state index in [0.717, 1.165) is 11.1 Å². The largest absolute Gasteiger partial charge is 0.508 e. The lowest BCUT2D eigenvalue weighted by atomic mass is 10.0. The van der Waals surface area contributed by atoms with Crippen LogP contribution in [0.5, 0.6) is 5.75 Å². The van der Waals surface area contributed by atoms with Gasteiger partial charge in [0.2, 0.25) is 0 Å². The number of rotatable bonds is 4. The van der Waals surface area contributed by atoms with Crippen LogP contribution in [0.25, 0.3) is 0 Å². The monoisotopic (exact) mass is 427 g/mol. The first-order chi connectivity index (χ1) is 12.6. The molecule has 158 valence electrons. The molecule has 1 aromatic carbocycles. The van der Waals surface area contributed by atoms with Crippen LogP contribution in [0.4, 0.5) is 4.79 Å². The van der Waals surface area contributed by atoms with Gasteiger partial charge in [-0.15, -0.1) is 0 Å². The fourth-order valence-corrected chi connectivity index (χ4v) is 4.45. The molecular formula is C21H34ClNO4Si. The van der Waals surface area contributed by atoms with E-state index in [2.05, 4.69) is 39.2 Å². The number of fused-ring (bicyclic) bond motifs is 1. The van der Waals surface area contributed by atoms with E-state index in [0.29, 0.717) is 18.1 Å². The first-order valence-corrected chi connectivity index (χ1v) is 13.0. The smallest absolute Gasteiger partial charge is 0.408 e. The van der Waals surface area contributed by atoms with Gasteiger partial charge in [0.15, 0.2) is 8.32 Å². The number of amides is 1. The molecule has 0 radical (unpaired) electrons. The number of aromatic hydroxyl groups is 1. The molecule has 0 spiro atoms. The van der Waals surface area contributed by atoms with Gasteiger partial charge in [-0.2, -0.15) is 0 Å². The first kappa shape index (κ1) is 23.0. The number of phenolic OH excluding ortho intramolecular Hbond substituents is 1. The van der Waals surface area contributed by atoms with Gasteiger partial charge in [0.05, 0.1) is 6.04 Å². The van der Waals surface area contributed by atoms with Crippen molar-refractivity contribution in [3.63, 3.8) is 0 Å². The molecule has 0 unspecified atom stereocenters. The lowest BCUT2D eigenvalue weighted by molar-refractivity contribution is 0.0478. The molecular weight excluding hydrogens is 394 g/mol. The average Bonchev–Trinajstić information content (AvgIpc) is 2.80. The molecule has 1 amide bonds. The standard InChI is InChI=1S/C21H34ClNO4Si/c1-20(2,3)27-19(25)23-18-13(12-26-28(7,8)21(4,5)6)9-15-16(18)10-14(24)11-17(15)22/h10-11,13,18,24H,9,12H2,1-8H3,(H,23,25)/t13-,18-/m0/s1. The van der Waals surface area contributed by atoms with E-state index < -0.39 is 20.0 Å². The maximum Gasteiger partial charge on any atom is 0.408 e. The van der Waals surface area contributed by atoms with Crippen molar-refractivity contribution in [1.29, 1.82) is 0 Å². The molecule has 0 fully saturated rings. The van der Waals surface area contributed by atoms with Crippen LogP contribution in [-0.4, -0.2) is 31.7 Å². The van der Waals surface area contributed by atoms with Crippen molar-refractivity contribution in [2.24, 2.45) is 5.92 Å². The second kappa shape index (κ2) is 7.88. The van der Waals surface area contributed by atoms with Gasteiger partial charge in [0.25, 0.3) is 0 Å².